The Balaban J connectivity index is 0.00000361. The van der Waals surface area contributed by atoms with Crippen LogP contribution in [0.5, 0.6) is 11.5 Å². The summed E-state index contributed by atoms with van der Waals surface area (Å²) in [4.78, 5) is 32.7. The number of carbonyl (C=O) groups excluding carboxylic acids is 2. The first-order chi connectivity index (χ1) is 16.8. The minimum atomic E-state index is -0.456. The first kappa shape index (κ1) is 27.0. The Labute approximate surface area is 217 Å². The van der Waals surface area contributed by atoms with Crippen LogP contribution in [0.25, 0.3) is 0 Å². The maximum Gasteiger partial charge on any atom is 0.255 e. The van der Waals surface area contributed by atoms with Crippen molar-refractivity contribution >= 4 is 40.4 Å². The van der Waals surface area contributed by atoms with E-state index in [1.807, 2.05) is 19.1 Å². The molecule has 0 spiro atoms. The Bertz CT molecular complexity index is 1280. The van der Waals surface area contributed by atoms with E-state index in [4.69, 9.17) is 26.1 Å². The van der Waals surface area contributed by atoms with Crippen LogP contribution < -0.4 is 19.7 Å². The van der Waals surface area contributed by atoms with Crippen LogP contribution in [0.1, 0.15) is 44.1 Å². The molecule has 0 atom stereocenters. The van der Waals surface area contributed by atoms with Gasteiger partial charge >= 0.3 is 0 Å². The van der Waals surface area contributed by atoms with Gasteiger partial charge in [0.15, 0.2) is 11.5 Å². The molecular weight excluding hydrogens is 478 g/mol. The highest BCUT2D eigenvalue weighted by atomic mass is 35.5. The molecule has 0 saturated carbocycles. The molecule has 1 heterocycles. The number of carbonyl (C=O) groups is 2. The van der Waals surface area contributed by atoms with Gasteiger partial charge in [-0.2, -0.15) is 0 Å². The number of nitrogens with zero attached hydrogens (tertiary/aromatic N) is 2. The largest absolute Gasteiger partial charge is 0.486 e. The number of Topliss-reactive ketones (excluding diaryl/α,β-unsaturated/α-hetero) is 1. The van der Waals surface area contributed by atoms with Gasteiger partial charge < -0.3 is 19.7 Å². The third-order valence-electron chi connectivity index (χ3n) is 6.04. The van der Waals surface area contributed by atoms with Crippen LogP contribution >= 0.6 is 11.6 Å². The summed E-state index contributed by atoms with van der Waals surface area (Å²) in [5.41, 5.74) is 4.37. The van der Waals surface area contributed by atoms with E-state index in [9.17, 15) is 9.59 Å². The summed E-state index contributed by atoms with van der Waals surface area (Å²) < 4.78 is 11.1. The maximum atomic E-state index is 12.9. The number of ether oxygens (including phenoxy) is 2. The Morgan fingerprint density at radius 2 is 1.75 bits per heavy atom. The number of anilines is 1. The number of allylic oxidation sites excluding steroid dienone is 3. The van der Waals surface area contributed by atoms with Crippen LogP contribution in [0.4, 0.5) is 11.4 Å². The standard InChI is InChI=1S/C27H28ClN3O4.CH4/c1-5-31(6-2)19-8-9-20(16(3)13-19)29-21-15-22(26(32)25(28)17(21)4)30-27(33)18-7-10-23-24(14-18)35-12-11-34-23;/h7-10,13-15H,5-6,11-12H2,1-4H3,(H,30,33);1H4. The second kappa shape index (κ2) is 11.4. The van der Waals surface area contributed by atoms with Gasteiger partial charge in [-0.3, -0.25) is 9.59 Å². The van der Waals surface area contributed by atoms with Crippen molar-refractivity contribution in [3.05, 3.63) is 69.9 Å². The number of hydrogen-bond acceptors (Lipinski definition) is 6. The van der Waals surface area contributed by atoms with Crippen molar-refractivity contribution in [3.8, 4) is 11.5 Å². The molecule has 36 heavy (non-hydrogen) atoms. The molecule has 8 heteroatoms. The zero-order chi connectivity index (χ0) is 25.1. The van der Waals surface area contributed by atoms with Gasteiger partial charge in [0.1, 0.15) is 13.2 Å². The highest BCUT2D eigenvalue weighted by molar-refractivity contribution is 6.49. The summed E-state index contributed by atoms with van der Waals surface area (Å²) in [5.74, 6) is 0.166. The molecule has 0 bridgehead atoms. The van der Waals surface area contributed by atoms with Crippen molar-refractivity contribution < 1.29 is 19.1 Å². The highest BCUT2D eigenvalue weighted by Crippen LogP contribution is 2.31. The maximum absolute atomic E-state index is 12.9. The molecule has 0 unspecified atom stereocenters. The molecule has 0 saturated heterocycles. The molecule has 1 N–H and O–H groups in total. The van der Waals surface area contributed by atoms with Gasteiger partial charge in [0, 0.05) is 24.3 Å². The molecule has 7 nitrogen and oxygen atoms in total. The first-order valence-electron chi connectivity index (χ1n) is 11.6. The molecule has 190 valence electrons. The average molecular weight is 510 g/mol. The smallest absolute Gasteiger partial charge is 0.255 e. The lowest BCUT2D eigenvalue weighted by Crippen LogP contribution is -2.31. The SMILES string of the molecule is C.CCN(CC)c1ccc(N=C2C=C(NC(=O)c3ccc4c(c3)OCCO4)C(=O)C(Cl)=C2C)c(C)c1. The van der Waals surface area contributed by atoms with E-state index in [2.05, 4.69) is 30.1 Å². The molecule has 0 radical (unpaired) electrons. The van der Waals surface area contributed by atoms with Gasteiger partial charge in [-0.15, -0.1) is 0 Å². The lowest BCUT2D eigenvalue weighted by molar-refractivity contribution is -0.112. The number of benzene rings is 2. The quantitative estimate of drug-likeness (QED) is 0.503. The minimum Gasteiger partial charge on any atom is -0.486 e. The summed E-state index contributed by atoms with van der Waals surface area (Å²) in [5, 5.41) is 2.71. The van der Waals surface area contributed by atoms with Gasteiger partial charge in [0.25, 0.3) is 5.91 Å². The van der Waals surface area contributed by atoms with Crippen LogP contribution in [0, 0.1) is 6.92 Å². The molecule has 0 aromatic heterocycles. The van der Waals surface area contributed by atoms with E-state index < -0.39 is 11.7 Å². The lowest BCUT2D eigenvalue weighted by atomic mass is 10.0. The number of fused-ring (bicyclic) bond motifs is 1. The molecule has 1 aliphatic heterocycles. The number of amides is 1. The Morgan fingerprint density at radius 3 is 2.42 bits per heavy atom. The van der Waals surface area contributed by atoms with Crippen LogP contribution in [0.3, 0.4) is 0 Å². The van der Waals surface area contributed by atoms with Gasteiger partial charge in [-0.05, 0) is 81.3 Å². The van der Waals surface area contributed by atoms with Gasteiger partial charge in [-0.25, -0.2) is 4.99 Å². The van der Waals surface area contributed by atoms with Crippen molar-refractivity contribution in [2.75, 3.05) is 31.2 Å². The average Bonchev–Trinajstić information content (AvgIpc) is 2.87. The summed E-state index contributed by atoms with van der Waals surface area (Å²) in [7, 11) is 0. The predicted molar refractivity (Wildman–Crippen MR) is 145 cm³/mol. The summed E-state index contributed by atoms with van der Waals surface area (Å²) in [6.45, 7) is 10.7. The van der Waals surface area contributed by atoms with Crippen molar-refractivity contribution in [2.45, 2.75) is 35.1 Å². The third kappa shape index (κ3) is 5.46. The number of hydrogen-bond donors (Lipinski definition) is 1. The predicted octanol–water partition coefficient (Wildman–Crippen LogP) is 5.73. The van der Waals surface area contributed by atoms with Crippen molar-refractivity contribution in [3.63, 3.8) is 0 Å². The monoisotopic (exact) mass is 509 g/mol. The van der Waals surface area contributed by atoms with Crippen LogP contribution in [0.15, 0.2) is 63.8 Å². The number of halogens is 1. The lowest BCUT2D eigenvalue weighted by Gasteiger charge is -2.22. The Hall–Kier alpha value is -3.58. The molecule has 4 rings (SSSR count). The van der Waals surface area contributed by atoms with Crippen LogP contribution in [0.2, 0.25) is 0 Å². The van der Waals surface area contributed by atoms with Gasteiger partial charge in [0.2, 0.25) is 5.78 Å². The van der Waals surface area contributed by atoms with E-state index in [0.29, 0.717) is 41.6 Å². The normalized spacial score (nSPS) is 15.9. The summed E-state index contributed by atoms with van der Waals surface area (Å²) in [6, 6.07) is 11.0. The van der Waals surface area contributed by atoms with E-state index >= 15 is 0 Å². The van der Waals surface area contributed by atoms with E-state index in [0.717, 1.165) is 30.0 Å². The fourth-order valence-electron chi connectivity index (χ4n) is 3.98. The zero-order valence-electron chi connectivity index (χ0n) is 20.3. The first-order valence-corrected chi connectivity index (χ1v) is 12.0. The molecule has 1 amide bonds. The van der Waals surface area contributed by atoms with E-state index in [1.54, 1.807) is 31.2 Å². The van der Waals surface area contributed by atoms with Crippen molar-refractivity contribution in [2.24, 2.45) is 4.99 Å². The van der Waals surface area contributed by atoms with Crippen LogP contribution in [-0.2, 0) is 4.79 Å². The second-order valence-corrected chi connectivity index (χ2v) is 8.66. The Kier molecular flexibility index (Phi) is 8.58. The van der Waals surface area contributed by atoms with Gasteiger partial charge in [-0.1, -0.05) is 19.0 Å². The van der Waals surface area contributed by atoms with Crippen molar-refractivity contribution in [1.29, 1.82) is 0 Å². The molecule has 2 aromatic rings. The Morgan fingerprint density at radius 1 is 1.06 bits per heavy atom. The number of aliphatic imine (C=N–C) groups is 1. The van der Waals surface area contributed by atoms with Crippen LogP contribution in [-0.4, -0.2) is 43.7 Å². The molecule has 1 aliphatic carbocycles. The third-order valence-corrected chi connectivity index (χ3v) is 6.50. The number of aryl methyl sites for hydroxylation is 1. The summed E-state index contributed by atoms with van der Waals surface area (Å²) in [6.07, 6.45) is 1.57. The number of ketones is 1. The van der Waals surface area contributed by atoms with E-state index in [1.165, 1.54) is 0 Å². The zero-order valence-corrected chi connectivity index (χ0v) is 21.0. The summed E-state index contributed by atoms with van der Waals surface area (Å²) >= 11 is 6.36. The fourth-order valence-corrected chi connectivity index (χ4v) is 4.18. The topological polar surface area (TPSA) is 80.2 Å². The molecular formula is C28H32ClN3O4. The van der Waals surface area contributed by atoms with Crippen molar-refractivity contribution in [1.82, 2.24) is 5.32 Å². The molecule has 2 aromatic carbocycles. The molecule has 2 aliphatic rings. The fraction of sp³-hybridized carbons (Fsp3) is 0.321. The second-order valence-electron chi connectivity index (χ2n) is 8.28. The minimum absolute atomic E-state index is 0. The number of rotatable bonds is 6. The number of nitrogens with one attached hydrogen (secondary N) is 1. The highest BCUT2D eigenvalue weighted by Gasteiger charge is 2.26. The van der Waals surface area contributed by atoms with Gasteiger partial charge in [0.05, 0.1) is 22.1 Å². The van der Waals surface area contributed by atoms with E-state index in [-0.39, 0.29) is 18.2 Å². The molecule has 0 fully saturated rings.